The number of nitrogens with zero attached hydrogens (tertiary/aromatic N) is 1. The highest BCUT2D eigenvalue weighted by Gasteiger charge is 2.27. The van der Waals surface area contributed by atoms with Crippen molar-refractivity contribution in [3.05, 3.63) is 34.9 Å². The fourth-order valence-electron chi connectivity index (χ4n) is 2.59. The Morgan fingerprint density at radius 1 is 1.24 bits per heavy atom. The summed E-state index contributed by atoms with van der Waals surface area (Å²) in [7, 11) is 0. The van der Waals surface area contributed by atoms with Gasteiger partial charge in [-0.15, -0.1) is 0 Å². The third-order valence-electron chi connectivity index (χ3n) is 3.88. The minimum atomic E-state index is -0.495. The average Bonchev–Trinajstić information content (AvgIpc) is 2.53. The summed E-state index contributed by atoms with van der Waals surface area (Å²) in [4.78, 5) is 25.7. The molecule has 0 saturated carbocycles. The Kier molecular flexibility index (Phi) is 6.53. The number of urea groups is 1. The number of carbonyl (C=O) groups excluding carboxylic acids is 2. The first-order valence-corrected chi connectivity index (χ1v) is 8.88. The van der Waals surface area contributed by atoms with E-state index in [2.05, 4.69) is 10.6 Å². The number of halogens is 1. The Morgan fingerprint density at radius 2 is 1.88 bits per heavy atom. The molecular formula is C18H26ClN3O3. The van der Waals surface area contributed by atoms with Gasteiger partial charge in [0.25, 0.3) is 0 Å². The second-order valence-corrected chi connectivity index (χ2v) is 7.57. The quantitative estimate of drug-likeness (QED) is 0.858. The molecule has 0 unspecified atom stereocenters. The van der Waals surface area contributed by atoms with Crippen LogP contribution < -0.4 is 10.6 Å². The maximum Gasteiger partial charge on any atom is 0.410 e. The van der Waals surface area contributed by atoms with Crippen LogP contribution in [0.2, 0.25) is 5.02 Å². The molecule has 25 heavy (non-hydrogen) atoms. The molecule has 2 rings (SSSR count). The topological polar surface area (TPSA) is 70.7 Å². The predicted octanol–water partition coefficient (Wildman–Crippen LogP) is 3.54. The molecule has 1 aliphatic heterocycles. The Hall–Kier alpha value is -1.95. The Bertz CT molecular complexity index is 608. The van der Waals surface area contributed by atoms with Crippen LogP contribution in [0.3, 0.4) is 0 Å². The zero-order valence-corrected chi connectivity index (χ0v) is 15.7. The van der Waals surface area contributed by atoms with Gasteiger partial charge in [0.05, 0.1) is 0 Å². The van der Waals surface area contributed by atoms with Crippen molar-refractivity contribution in [2.75, 3.05) is 13.1 Å². The second-order valence-electron chi connectivity index (χ2n) is 7.16. The Morgan fingerprint density at radius 3 is 2.48 bits per heavy atom. The molecule has 0 radical (unpaired) electrons. The summed E-state index contributed by atoms with van der Waals surface area (Å²) in [6, 6.07) is 7.23. The molecule has 3 amide bonds. The fraction of sp³-hybridized carbons (Fsp3) is 0.556. The summed E-state index contributed by atoms with van der Waals surface area (Å²) >= 11 is 6.07. The molecule has 1 aromatic rings. The molecule has 1 fully saturated rings. The Balaban J connectivity index is 1.72. The van der Waals surface area contributed by atoms with Crippen LogP contribution in [0, 0.1) is 0 Å². The van der Waals surface area contributed by atoms with E-state index in [1.54, 1.807) is 11.0 Å². The van der Waals surface area contributed by atoms with Crippen molar-refractivity contribution in [3.63, 3.8) is 0 Å². The van der Waals surface area contributed by atoms with Gasteiger partial charge in [-0.25, -0.2) is 9.59 Å². The van der Waals surface area contributed by atoms with Gasteiger partial charge in [-0.3, -0.25) is 0 Å². The third kappa shape index (κ3) is 6.46. The zero-order chi connectivity index (χ0) is 18.4. The maximum absolute atomic E-state index is 12.0. The van der Waals surface area contributed by atoms with Crippen LogP contribution in [-0.4, -0.2) is 41.8 Å². The maximum atomic E-state index is 12.0. The van der Waals surface area contributed by atoms with Crippen molar-refractivity contribution in [1.29, 1.82) is 0 Å². The number of likely N-dealkylation sites (tertiary alicyclic amines) is 1. The number of piperidine rings is 1. The van der Waals surface area contributed by atoms with E-state index in [4.69, 9.17) is 16.3 Å². The van der Waals surface area contributed by atoms with Gasteiger partial charge in [0.2, 0.25) is 0 Å². The van der Waals surface area contributed by atoms with E-state index in [-0.39, 0.29) is 18.2 Å². The summed E-state index contributed by atoms with van der Waals surface area (Å²) < 4.78 is 5.37. The van der Waals surface area contributed by atoms with Crippen LogP contribution in [0.25, 0.3) is 0 Å². The minimum Gasteiger partial charge on any atom is -0.444 e. The van der Waals surface area contributed by atoms with Crippen LogP contribution in [0.1, 0.15) is 39.2 Å². The standard InChI is InChI=1S/C18H26ClN3O3/c1-18(2,3)25-17(24)22-10-8-14(9-11-22)21-16(23)20-12-13-6-4-5-7-15(13)19/h4-7,14H,8-12H2,1-3H3,(H2,20,21,23). The molecule has 1 aliphatic rings. The van der Waals surface area contributed by atoms with E-state index in [0.717, 1.165) is 5.56 Å². The van der Waals surface area contributed by atoms with Crippen molar-refractivity contribution in [2.24, 2.45) is 0 Å². The van der Waals surface area contributed by atoms with Gasteiger partial charge in [-0.2, -0.15) is 0 Å². The molecule has 138 valence electrons. The van der Waals surface area contributed by atoms with E-state index >= 15 is 0 Å². The van der Waals surface area contributed by atoms with E-state index in [9.17, 15) is 9.59 Å². The lowest BCUT2D eigenvalue weighted by atomic mass is 10.1. The molecule has 0 aliphatic carbocycles. The summed E-state index contributed by atoms with van der Waals surface area (Å²) in [6.07, 6.45) is 1.12. The van der Waals surface area contributed by atoms with Crippen LogP contribution in [0.15, 0.2) is 24.3 Å². The first-order valence-electron chi connectivity index (χ1n) is 8.50. The minimum absolute atomic E-state index is 0.0462. The smallest absolute Gasteiger partial charge is 0.410 e. The first kappa shape index (κ1) is 19.4. The lowest BCUT2D eigenvalue weighted by Gasteiger charge is -2.33. The number of amides is 3. The second kappa shape index (κ2) is 8.43. The van der Waals surface area contributed by atoms with Crippen molar-refractivity contribution >= 4 is 23.7 Å². The van der Waals surface area contributed by atoms with E-state index in [1.807, 2.05) is 39.0 Å². The molecule has 0 atom stereocenters. The largest absolute Gasteiger partial charge is 0.444 e. The van der Waals surface area contributed by atoms with Crippen molar-refractivity contribution in [3.8, 4) is 0 Å². The molecule has 1 saturated heterocycles. The molecule has 2 N–H and O–H groups in total. The molecule has 6 nitrogen and oxygen atoms in total. The summed E-state index contributed by atoms with van der Waals surface area (Å²) in [5.41, 5.74) is 0.379. The fourth-order valence-corrected chi connectivity index (χ4v) is 2.79. The number of ether oxygens (including phenoxy) is 1. The summed E-state index contributed by atoms with van der Waals surface area (Å²) in [5, 5.41) is 6.39. The zero-order valence-electron chi connectivity index (χ0n) is 15.0. The van der Waals surface area contributed by atoms with Crippen molar-refractivity contribution < 1.29 is 14.3 Å². The summed E-state index contributed by atoms with van der Waals surface area (Å²) in [6.45, 7) is 7.07. The van der Waals surface area contributed by atoms with Crippen LogP contribution in [0.5, 0.6) is 0 Å². The predicted molar refractivity (Wildman–Crippen MR) is 97.7 cm³/mol. The monoisotopic (exact) mass is 367 g/mol. The lowest BCUT2D eigenvalue weighted by Crippen LogP contribution is -2.49. The summed E-state index contributed by atoms with van der Waals surface area (Å²) in [5.74, 6) is 0. The number of benzene rings is 1. The normalized spacial score (nSPS) is 15.6. The van der Waals surface area contributed by atoms with Gasteiger partial charge in [-0.05, 0) is 45.2 Å². The molecule has 7 heteroatoms. The molecular weight excluding hydrogens is 342 g/mol. The van der Waals surface area contributed by atoms with E-state index in [0.29, 0.717) is 37.5 Å². The first-order chi connectivity index (χ1) is 11.7. The van der Waals surface area contributed by atoms with Crippen molar-refractivity contribution in [2.45, 2.75) is 51.8 Å². The van der Waals surface area contributed by atoms with Gasteiger partial charge in [0.1, 0.15) is 5.60 Å². The number of nitrogens with one attached hydrogen (secondary N) is 2. The molecule has 0 spiro atoms. The van der Waals surface area contributed by atoms with Gasteiger partial charge in [0.15, 0.2) is 0 Å². The van der Waals surface area contributed by atoms with Gasteiger partial charge in [0, 0.05) is 30.7 Å². The van der Waals surface area contributed by atoms with Gasteiger partial charge >= 0.3 is 12.1 Å². The average molecular weight is 368 g/mol. The molecule has 0 aromatic heterocycles. The lowest BCUT2D eigenvalue weighted by molar-refractivity contribution is 0.0201. The van der Waals surface area contributed by atoms with Gasteiger partial charge < -0.3 is 20.3 Å². The number of hydrogen-bond donors (Lipinski definition) is 2. The highest BCUT2D eigenvalue weighted by Crippen LogP contribution is 2.16. The van der Waals surface area contributed by atoms with Crippen LogP contribution >= 0.6 is 11.6 Å². The van der Waals surface area contributed by atoms with E-state index < -0.39 is 5.60 Å². The number of hydrogen-bond acceptors (Lipinski definition) is 3. The number of rotatable bonds is 3. The van der Waals surface area contributed by atoms with Crippen molar-refractivity contribution in [1.82, 2.24) is 15.5 Å². The van der Waals surface area contributed by atoms with Crippen LogP contribution in [0.4, 0.5) is 9.59 Å². The Labute approximate surface area is 153 Å². The molecule has 0 bridgehead atoms. The number of carbonyl (C=O) groups is 2. The highest BCUT2D eigenvalue weighted by atomic mass is 35.5. The molecule has 1 heterocycles. The molecule has 1 aromatic carbocycles. The highest BCUT2D eigenvalue weighted by molar-refractivity contribution is 6.31. The van der Waals surface area contributed by atoms with Crippen LogP contribution in [-0.2, 0) is 11.3 Å². The van der Waals surface area contributed by atoms with E-state index in [1.165, 1.54) is 0 Å². The van der Waals surface area contributed by atoms with Gasteiger partial charge in [-0.1, -0.05) is 29.8 Å². The SMILES string of the molecule is CC(C)(C)OC(=O)N1CCC(NC(=O)NCc2ccccc2Cl)CC1. The third-order valence-corrected chi connectivity index (χ3v) is 4.25.